The number of thiophene rings is 1. The molecule has 0 atom stereocenters. The van der Waals surface area contributed by atoms with Gasteiger partial charge in [0.25, 0.3) is 0 Å². The number of hydrogen-bond donors (Lipinski definition) is 1. The maximum Gasteiger partial charge on any atom is 0.169 e. The van der Waals surface area contributed by atoms with Gasteiger partial charge in [0.15, 0.2) is 5.82 Å². The van der Waals surface area contributed by atoms with Crippen molar-refractivity contribution in [2.45, 2.75) is 19.5 Å². The third kappa shape index (κ3) is 2.59. The van der Waals surface area contributed by atoms with E-state index in [1.165, 1.54) is 11.3 Å². The van der Waals surface area contributed by atoms with Crippen molar-refractivity contribution in [3.05, 3.63) is 53.2 Å². The normalized spacial score (nSPS) is 15.0. The van der Waals surface area contributed by atoms with Crippen LogP contribution in [0.15, 0.2) is 36.2 Å². The first-order chi connectivity index (χ1) is 10.4. The zero-order chi connectivity index (χ0) is 14.1. The fraction of sp³-hybridized carbons (Fsp3) is 0.267. The minimum Gasteiger partial charge on any atom is -0.347 e. The molecule has 6 heteroatoms. The van der Waals surface area contributed by atoms with E-state index in [1.807, 2.05) is 18.5 Å². The van der Waals surface area contributed by atoms with Crippen LogP contribution < -0.4 is 0 Å². The molecule has 106 valence electrons. The molecule has 5 nitrogen and oxygen atoms in total. The molecule has 1 aliphatic rings. The molecule has 0 bridgehead atoms. The SMILES string of the molecule is c1csc(-c2ncc3c(n2)CCN(Cc2cnc[nH]2)C3)c1. The predicted molar refractivity (Wildman–Crippen MR) is 81.8 cm³/mol. The highest BCUT2D eigenvalue weighted by molar-refractivity contribution is 7.13. The van der Waals surface area contributed by atoms with E-state index in [0.717, 1.165) is 42.5 Å². The van der Waals surface area contributed by atoms with E-state index in [0.29, 0.717) is 0 Å². The van der Waals surface area contributed by atoms with Crippen LogP contribution in [0, 0.1) is 0 Å². The van der Waals surface area contributed by atoms with Gasteiger partial charge in [-0.2, -0.15) is 0 Å². The number of hydrogen-bond acceptors (Lipinski definition) is 5. The smallest absolute Gasteiger partial charge is 0.169 e. The van der Waals surface area contributed by atoms with Gasteiger partial charge in [0.1, 0.15) is 0 Å². The summed E-state index contributed by atoms with van der Waals surface area (Å²) in [6, 6.07) is 4.11. The number of imidazole rings is 1. The summed E-state index contributed by atoms with van der Waals surface area (Å²) in [5.74, 6) is 0.853. The van der Waals surface area contributed by atoms with Crippen molar-refractivity contribution in [2.24, 2.45) is 0 Å². The number of nitrogens with zero attached hydrogens (tertiary/aromatic N) is 4. The molecule has 4 heterocycles. The number of H-pyrrole nitrogens is 1. The zero-order valence-corrected chi connectivity index (χ0v) is 12.3. The number of fused-ring (bicyclic) bond motifs is 1. The second-order valence-corrected chi connectivity index (χ2v) is 6.13. The van der Waals surface area contributed by atoms with Gasteiger partial charge in [-0.1, -0.05) is 6.07 Å². The summed E-state index contributed by atoms with van der Waals surface area (Å²) in [4.78, 5) is 20.0. The number of rotatable bonds is 3. The molecular formula is C15H15N5S. The second-order valence-electron chi connectivity index (χ2n) is 5.18. The number of nitrogens with one attached hydrogen (secondary N) is 1. The van der Waals surface area contributed by atoms with Gasteiger partial charge < -0.3 is 4.98 Å². The van der Waals surface area contributed by atoms with Gasteiger partial charge in [0.2, 0.25) is 0 Å². The molecule has 0 aromatic carbocycles. The third-order valence-electron chi connectivity index (χ3n) is 3.70. The summed E-state index contributed by atoms with van der Waals surface area (Å²) in [5.41, 5.74) is 3.57. The lowest BCUT2D eigenvalue weighted by atomic mass is 10.1. The van der Waals surface area contributed by atoms with E-state index < -0.39 is 0 Å². The Bertz CT molecular complexity index is 721. The van der Waals surface area contributed by atoms with Gasteiger partial charge >= 0.3 is 0 Å². The highest BCUT2D eigenvalue weighted by Crippen LogP contribution is 2.24. The molecule has 1 N–H and O–H groups in total. The van der Waals surface area contributed by atoms with E-state index in [-0.39, 0.29) is 0 Å². The average Bonchev–Trinajstić information content (AvgIpc) is 3.20. The van der Waals surface area contributed by atoms with Crippen LogP contribution >= 0.6 is 11.3 Å². The predicted octanol–water partition coefficient (Wildman–Crippen LogP) is 2.49. The number of aromatic amines is 1. The Morgan fingerprint density at radius 1 is 1.33 bits per heavy atom. The van der Waals surface area contributed by atoms with Crippen LogP contribution in [0.5, 0.6) is 0 Å². The first-order valence-corrected chi connectivity index (χ1v) is 7.85. The Morgan fingerprint density at radius 2 is 2.33 bits per heavy atom. The standard InChI is InChI=1S/C15H15N5S/c1-2-14(21-5-1)15-17-6-11-8-20(4-3-13(11)19-15)9-12-7-16-10-18-12/h1-2,5-7,10H,3-4,8-9H2,(H,16,18). The van der Waals surface area contributed by atoms with Crippen LogP contribution in [0.4, 0.5) is 0 Å². The van der Waals surface area contributed by atoms with Gasteiger partial charge in [0.05, 0.1) is 16.9 Å². The summed E-state index contributed by atoms with van der Waals surface area (Å²) >= 11 is 1.68. The molecule has 4 rings (SSSR count). The van der Waals surface area contributed by atoms with E-state index in [9.17, 15) is 0 Å². The second kappa shape index (κ2) is 5.38. The molecule has 0 aliphatic carbocycles. The van der Waals surface area contributed by atoms with Crippen molar-refractivity contribution < 1.29 is 0 Å². The highest BCUT2D eigenvalue weighted by Gasteiger charge is 2.19. The minimum absolute atomic E-state index is 0.853. The largest absolute Gasteiger partial charge is 0.347 e. The van der Waals surface area contributed by atoms with Crippen molar-refractivity contribution in [1.82, 2.24) is 24.8 Å². The summed E-state index contributed by atoms with van der Waals surface area (Å²) < 4.78 is 0. The summed E-state index contributed by atoms with van der Waals surface area (Å²) in [6.07, 6.45) is 6.57. The van der Waals surface area contributed by atoms with Gasteiger partial charge in [-0.15, -0.1) is 11.3 Å². The van der Waals surface area contributed by atoms with Crippen LogP contribution in [-0.2, 0) is 19.5 Å². The van der Waals surface area contributed by atoms with E-state index in [1.54, 1.807) is 17.7 Å². The fourth-order valence-corrected chi connectivity index (χ4v) is 3.31. The first-order valence-electron chi connectivity index (χ1n) is 6.97. The van der Waals surface area contributed by atoms with E-state index in [2.05, 4.69) is 31.3 Å². The van der Waals surface area contributed by atoms with Crippen LogP contribution in [-0.4, -0.2) is 31.4 Å². The van der Waals surface area contributed by atoms with Gasteiger partial charge in [0, 0.05) is 49.7 Å². The third-order valence-corrected chi connectivity index (χ3v) is 4.57. The number of aromatic nitrogens is 4. The van der Waals surface area contributed by atoms with Crippen LogP contribution in [0.3, 0.4) is 0 Å². The van der Waals surface area contributed by atoms with Crippen molar-refractivity contribution in [2.75, 3.05) is 6.54 Å². The summed E-state index contributed by atoms with van der Waals surface area (Å²) in [6.45, 7) is 2.82. The molecule has 0 unspecified atom stereocenters. The Morgan fingerprint density at radius 3 is 3.14 bits per heavy atom. The van der Waals surface area contributed by atoms with Crippen LogP contribution in [0.1, 0.15) is 17.0 Å². The Kier molecular flexibility index (Phi) is 3.25. The Balaban J connectivity index is 1.54. The summed E-state index contributed by atoms with van der Waals surface area (Å²) in [7, 11) is 0. The molecule has 0 saturated carbocycles. The molecule has 3 aromatic heterocycles. The van der Waals surface area contributed by atoms with Crippen molar-refractivity contribution in [1.29, 1.82) is 0 Å². The lowest BCUT2D eigenvalue weighted by Gasteiger charge is -2.27. The molecule has 1 aliphatic heterocycles. The maximum atomic E-state index is 4.74. The monoisotopic (exact) mass is 297 g/mol. The molecule has 21 heavy (non-hydrogen) atoms. The molecular weight excluding hydrogens is 282 g/mol. The zero-order valence-electron chi connectivity index (χ0n) is 11.5. The molecule has 0 radical (unpaired) electrons. The van der Waals surface area contributed by atoms with E-state index >= 15 is 0 Å². The lowest BCUT2D eigenvalue weighted by molar-refractivity contribution is 0.240. The molecule has 0 saturated heterocycles. The van der Waals surface area contributed by atoms with Crippen LogP contribution in [0.25, 0.3) is 10.7 Å². The van der Waals surface area contributed by atoms with E-state index in [4.69, 9.17) is 4.98 Å². The quantitative estimate of drug-likeness (QED) is 0.807. The lowest BCUT2D eigenvalue weighted by Crippen LogP contribution is -2.31. The van der Waals surface area contributed by atoms with Crippen molar-refractivity contribution in [3.8, 4) is 10.7 Å². The van der Waals surface area contributed by atoms with Crippen molar-refractivity contribution >= 4 is 11.3 Å². The topological polar surface area (TPSA) is 57.7 Å². The van der Waals surface area contributed by atoms with Gasteiger partial charge in [-0.05, 0) is 11.4 Å². The van der Waals surface area contributed by atoms with Crippen molar-refractivity contribution in [3.63, 3.8) is 0 Å². The Labute approximate surface area is 126 Å². The molecule has 0 spiro atoms. The minimum atomic E-state index is 0.853. The van der Waals surface area contributed by atoms with Gasteiger partial charge in [-0.3, -0.25) is 4.90 Å². The van der Waals surface area contributed by atoms with Gasteiger partial charge in [-0.25, -0.2) is 15.0 Å². The molecule has 0 amide bonds. The average molecular weight is 297 g/mol. The molecule has 3 aromatic rings. The first kappa shape index (κ1) is 12.7. The molecule has 0 fully saturated rings. The highest BCUT2D eigenvalue weighted by atomic mass is 32.1. The Hall–Kier alpha value is -2.05. The summed E-state index contributed by atoms with van der Waals surface area (Å²) in [5, 5.41) is 2.06. The fourth-order valence-electron chi connectivity index (χ4n) is 2.65. The van der Waals surface area contributed by atoms with Crippen LogP contribution in [0.2, 0.25) is 0 Å². The maximum absolute atomic E-state index is 4.74.